The van der Waals surface area contributed by atoms with Gasteiger partial charge in [-0.3, -0.25) is 19.7 Å². The molecule has 1 saturated heterocycles. The van der Waals surface area contributed by atoms with Crippen LogP contribution in [0.4, 0.5) is 4.79 Å². The molecule has 1 fully saturated rings. The first kappa shape index (κ1) is 21.2. The van der Waals surface area contributed by atoms with Crippen LogP contribution in [-0.2, 0) is 20.7 Å². The van der Waals surface area contributed by atoms with Gasteiger partial charge in [-0.2, -0.15) is 0 Å². The summed E-state index contributed by atoms with van der Waals surface area (Å²) in [5, 5.41) is 3.82. The van der Waals surface area contributed by atoms with Crippen molar-refractivity contribution >= 4 is 39.7 Å². The summed E-state index contributed by atoms with van der Waals surface area (Å²) in [7, 11) is 0. The van der Waals surface area contributed by atoms with Crippen LogP contribution in [0.25, 0.3) is 10.8 Å². The van der Waals surface area contributed by atoms with Gasteiger partial charge in [0, 0.05) is 6.42 Å². The molecular formula is C22H25NO5S. The summed E-state index contributed by atoms with van der Waals surface area (Å²) in [5.74, 6) is 0.458. The van der Waals surface area contributed by atoms with E-state index in [1.165, 1.54) is 0 Å². The van der Waals surface area contributed by atoms with Gasteiger partial charge in [-0.05, 0) is 61.1 Å². The van der Waals surface area contributed by atoms with E-state index < -0.39 is 0 Å². The number of ether oxygens (including phenoxy) is 2. The molecule has 0 aliphatic carbocycles. The van der Waals surface area contributed by atoms with Gasteiger partial charge in [0.2, 0.25) is 5.91 Å². The maximum absolute atomic E-state index is 11.7. The van der Waals surface area contributed by atoms with Crippen LogP contribution >= 0.6 is 11.8 Å². The molecule has 29 heavy (non-hydrogen) atoms. The summed E-state index contributed by atoms with van der Waals surface area (Å²) < 4.78 is 10.7. The topological polar surface area (TPSA) is 81.7 Å². The monoisotopic (exact) mass is 415 g/mol. The van der Waals surface area contributed by atoms with Crippen molar-refractivity contribution in [2.75, 3.05) is 13.2 Å². The number of unbranched alkanes of at least 4 members (excludes halogenated alkanes) is 2. The van der Waals surface area contributed by atoms with E-state index in [-0.39, 0.29) is 22.4 Å². The average Bonchev–Trinajstić information content (AvgIpc) is 3.01. The molecule has 1 aliphatic rings. The minimum Gasteiger partial charge on any atom is -0.494 e. The summed E-state index contributed by atoms with van der Waals surface area (Å²) in [4.78, 5) is 34.3. The molecular weight excluding hydrogens is 390 g/mol. The van der Waals surface area contributed by atoms with E-state index in [9.17, 15) is 14.4 Å². The van der Waals surface area contributed by atoms with Crippen LogP contribution in [0.5, 0.6) is 5.75 Å². The van der Waals surface area contributed by atoms with E-state index >= 15 is 0 Å². The number of hydrogen-bond acceptors (Lipinski definition) is 6. The first-order chi connectivity index (χ1) is 14.0. The van der Waals surface area contributed by atoms with Crippen LogP contribution in [0.15, 0.2) is 36.4 Å². The third-order valence-corrected chi connectivity index (χ3v) is 5.64. The fraction of sp³-hybridized carbons (Fsp3) is 0.409. The molecule has 0 bridgehead atoms. The molecule has 2 aromatic carbocycles. The minimum absolute atomic E-state index is 0.138. The standard InChI is InChI=1S/C22H25NO5S/c1-2-27-20(24)6-4-3-5-11-28-18-10-9-16-12-15(7-8-17(16)14-18)13-19-21(25)23-22(26)29-19/h7-10,12,14,19H,2-6,11,13H2,1H3,(H,23,25,26). The molecule has 154 valence electrons. The zero-order valence-electron chi connectivity index (χ0n) is 16.4. The summed E-state index contributed by atoms with van der Waals surface area (Å²) in [5.41, 5.74) is 1.02. The zero-order valence-corrected chi connectivity index (χ0v) is 17.3. The van der Waals surface area contributed by atoms with Crippen molar-refractivity contribution in [1.29, 1.82) is 0 Å². The number of esters is 1. The van der Waals surface area contributed by atoms with Crippen molar-refractivity contribution in [2.45, 2.75) is 44.3 Å². The van der Waals surface area contributed by atoms with Crippen LogP contribution in [0.1, 0.15) is 38.2 Å². The van der Waals surface area contributed by atoms with Crippen LogP contribution in [0.3, 0.4) is 0 Å². The summed E-state index contributed by atoms with van der Waals surface area (Å²) in [6.45, 7) is 2.85. The first-order valence-corrected chi connectivity index (χ1v) is 10.8. The zero-order chi connectivity index (χ0) is 20.6. The Morgan fingerprint density at radius 3 is 2.62 bits per heavy atom. The Morgan fingerprint density at radius 2 is 1.86 bits per heavy atom. The fourth-order valence-electron chi connectivity index (χ4n) is 3.20. The lowest BCUT2D eigenvalue weighted by molar-refractivity contribution is -0.143. The summed E-state index contributed by atoms with van der Waals surface area (Å²) in [6.07, 6.45) is 3.61. The molecule has 6 nitrogen and oxygen atoms in total. The van der Waals surface area contributed by atoms with E-state index in [0.29, 0.717) is 26.1 Å². The predicted octanol–water partition coefficient (Wildman–Crippen LogP) is 4.24. The van der Waals surface area contributed by atoms with Crippen LogP contribution < -0.4 is 10.1 Å². The van der Waals surface area contributed by atoms with Crippen molar-refractivity contribution in [1.82, 2.24) is 5.32 Å². The maximum atomic E-state index is 11.7. The highest BCUT2D eigenvalue weighted by Crippen LogP contribution is 2.26. The summed E-state index contributed by atoms with van der Waals surface area (Å²) in [6, 6.07) is 12.0. The van der Waals surface area contributed by atoms with Crippen molar-refractivity contribution < 1.29 is 23.9 Å². The lowest BCUT2D eigenvalue weighted by Gasteiger charge is -2.09. The van der Waals surface area contributed by atoms with Gasteiger partial charge in [-0.1, -0.05) is 36.0 Å². The third kappa shape index (κ3) is 6.22. The molecule has 0 aromatic heterocycles. The van der Waals surface area contributed by atoms with Gasteiger partial charge in [-0.25, -0.2) is 0 Å². The van der Waals surface area contributed by atoms with E-state index in [1.807, 2.05) is 43.3 Å². The highest BCUT2D eigenvalue weighted by Gasteiger charge is 2.31. The molecule has 0 saturated carbocycles. The van der Waals surface area contributed by atoms with E-state index in [2.05, 4.69) is 5.32 Å². The lowest BCUT2D eigenvalue weighted by atomic mass is 10.0. The van der Waals surface area contributed by atoms with E-state index in [0.717, 1.165) is 53.1 Å². The Balaban J connectivity index is 1.47. The first-order valence-electron chi connectivity index (χ1n) is 9.88. The smallest absolute Gasteiger partial charge is 0.305 e. The second-order valence-corrected chi connectivity index (χ2v) is 8.07. The molecule has 3 rings (SSSR count). The second-order valence-electron chi connectivity index (χ2n) is 6.89. The number of nitrogens with one attached hydrogen (secondary N) is 1. The molecule has 1 atom stereocenters. The lowest BCUT2D eigenvalue weighted by Crippen LogP contribution is -2.25. The van der Waals surface area contributed by atoms with E-state index in [4.69, 9.17) is 9.47 Å². The SMILES string of the molecule is CCOC(=O)CCCCCOc1ccc2cc(CC3SC(=O)NC3=O)ccc2c1. The van der Waals surface area contributed by atoms with Crippen molar-refractivity contribution in [2.24, 2.45) is 0 Å². The number of carbonyl (C=O) groups is 3. The molecule has 1 N–H and O–H groups in total. The molecule has 0 spiro atoms. The van der Waals surface area contributed by atoms with Gasteiger partial charge >= 0.3 is 5.97 Å². The van der Waals surface area contributed by atoms with Gasteiger partial charge in [0.05, 0.1) is 18.5 Å². The van der Waals surface area contributed by atoms with Crippen LogP contribution in [-0.4, -0.2) is 35.6 Å². The predicted molar refractivity (Wildman–Crippen MR) is 113 cm³/mol. The number of amides is 2. The number of thioether (sulfide) groups is 1. The molecule has 2 aromatic rings. The normalized spacial score (nSPS) is 16.1. The van der Waals surface area contributed by atoms with Crippen molar-refractivity contribution in [3.8, 4) is 5.75 Å². The number of imide groups is 1. The molecule has 7 heteroatoms. The Bertz CT molecular complexity index is 898. The molecule has 2 amide bonds. The number of fused-ring (bicyclic) bond motifs is 1. The van der Waals surface area contributed by atoms with Gasteiger partial charge in [0.15, 0.2) is 0 Å². The number of carbonyl (C=O) groups excluding carboxylic acids is 3. The fourth-order valence-corrected chi connectivity index (χ4v) is 4.06. The highest BCUT2D eigenvalue weighted by molar-refractivity contribution is 8.15. The average molecular weight is 416 g/mol. The Hall–Kier alpha value is -2.54. The van der Waals surface area contributed by atoms with Crippen molar-refractivity contribution in [3.63, 3.8) is 0 Å². The van der Waals surface area contributed by atoms with Crippen LogP contribution in [0, 0.1) is 0 Å². The van der Waals surface area contributed by atoms with Gasteiger partial charge in [0.25, 0.3) is 5.24 Å². The molecule has 1 heterocycles. The number of hydrogen-bond donors (Lipinski definition) is 1. The molecule has 1 unspecified atom stereocenters. The molecule has 0 radical (unpaired) electrons. The van der Waals surface area contributed by atoms with Gasteiger partial charge < -0.3 is 9.47 Å². The van der Waals surface area contributed by atoms with E-state index in [1.54, 1.807) is 0 Å². The quantitative estimate of drug-likeness (QED) is 0.462. The van der Waals surface area contributed by atoms with Crippen molar-refractivity contribution in [3.05, 3.63) is 42.0 Å². The van der Waals surface area contributed by atoms with Gasteiger partial charge in [0.1, 0.15) is 5.75 Å². The number of rotatable bonds is 10. The highest BCUT2D eigenvalue weighted by atomic mass is 32.2. The number of benzene rings is 2. The molecule has 1 aliphatic heterocycles. The Kier molecular flexibility index (Phi) is 7.52. The Labute approximate surface area is 174 Å². The minimum atomic E-state index is -0.355. The van der Waals surface area contributed by atoms with Crippen LogP contribution in [0.2, 0.25) is 0 Å². The van der Waals surface area contributed by atoms with Gasteiger partial charge in [-0.15, -0.1) is 0 Å². The third-order valence-electron chi connectivity index (χ3n) is 4.66. The Morgan fingerprint density at radius 1 is 1.07 bits per heavy atom. The largest absolute Gasteiger partial charge is 0.494 e. The summed E-state index contributed by atoms with van der Waals surface area (Å²) >= 11 is 1.05. The second kappa shape index (κ2) is 10.3. The maximum Gasteiger partial charge on any atom is 0.305 e.